The highest BCUT2D eigenvalue weighted by Crippen LogP contribution is 2.33. The lowest BCUT2D eigenvalue weighted by atomic mass is 9.66. The van der Waals surface area contributed by atoms with E-state index in [1.165, 1.54) is 51.1 Å². The van der Waals surface area contributed by atoms with E-state index in [0.29, 0.717) is 37.4 Å². The number of hydrogen-bond acceptors (Lipinski definition) is 15. The summed E-state index contributed by atoms with van der Waals surface area (Å²) in [6.07, 6.45) is 3.12. The molecular weight excluding hydrogens is 693 g/mol. The Kier molecular flexibility index (Phi) is 22.1. The number of rotatable bonds is 23. The molecule has 46 heavy (non-hydrogen) atoms. The highest BCUT2D eigenvalue weighted by Gasteiger charge is 2.44. The number of aliphatic hydroxyl groups is 1. The summed E-state index contributed by atoms with van der Waals surface area (Å²) >= 11 is 1.20. The lowest BCUT2D eigenvalue weighted by molar-refractivity contribution is -0.222. The van der Waals surface area contributed by atoms with Gasteiger partial charge in [0.25, 0.3) is 5.91 Å². The van der Waals surface area contributed by atoms with Crippen LogP contribution in [-0.2, 0) is 28.5 Å². The third-order valence-electron chi connectivity index (χ3n) is 5.88. The van der Waals surface area contributed by atoms with Crippen molar-refractivity contribution in [3.63, 3.8) is 0 Å². The molecule has 1 aromatic rings. The Bertz CT molecular complexity index is 1130. The number of amides is 2. The minimum absolute atomic E-state index is 0.0221. The maximum absolute atomic E-state index is 12.2. The fourth-order valence-corrected chi connectivity index (χ4v) is 7.81. The minimum atomic E-state index is -0.430. The van der Waals surface area contributed by atoms with E-state index in [1.807, 2.05) is 12.5 Å². The predicted octanol–water partition coefficient (Wildman–Crippen LogP) is 1.36. The fraction of sp³-hybridized carbons (Fsp3) is 0.607. The van der Waals surface area contributed by atoms with Gasteiger partial charge in [0.1, 0.15) is 42.0 Å². The molecule has 0 saturated carbocycles. The van der Waals surface area contributed by atoms with Crippen molar-refractivity contribution >= 4 is 79.1 Å². The van der Waals surface area contributed by atoms with Crippen LogP contribution >= 0.6 is 54.9 Å². The first-order chi connectivity index (χ1) is 22.3. The highest BCUT2D eigenvalue weighted by atomic mass is 33.1. The summed E-state index contributed by atoms with van der Waals surface area (Å²) in [5, 5.41) is 15.0. The van der Waals surface area contributed by atoms with E-state index < -0.39 is 6.10 Å². The van der Waals surface area contributed by atoms with Gasteiger partial charge in [-0.2, -0.15) is 5.82 Å². The molecule has 1 fully saturated rings. The second kappa shape index (κ2) is 24.8. The summed E-state index contributed by atoms with van der Waals surface area (Å²) in [6, 6.07) is 6.59. The van der Waals surface area contributed by atoms with Gasteiger partial charge < -0.3 is 45.2 Å². The topological polar surface area (TPSA) is 168 Å². The van der Waals surface area contributed by atoms with Crippen molar-refractivity contribution in [3.8, 4) is 17.5 Å². The molecule has 12 nitrogen and oxygen atoms in total. The molecule has 0 radical (unpaired) electrons. The van der Waals surface area contributed by atoms with Crippen molar-refractivity contribution in [2.45, 2.75) is 36.0 Å². The van der Waals surface area contributed by atoms with Crippen LogP contribution in [0.15, 0.2) is 24.3 Å². The third kappa shape index (κ3) is 16.7. The monoisotopic (exact) mass is 735 g/mol. The molecule has 18 heteroatoms. The first kappa shape index (κ1) is 40.9. The Morgan fingerprint density at radius 3 is 2.65 bits per heavy atom. The zero-order chi connectivity index (χ0) is 33.6. The van der Waals surface area contributed by atoms with Crippen LogP contribution in [0.3, 0.4) is 0 Å². The summed E-state index contributed by atoms with van der Waals surface area (Å²) in [5.41, 5.74) is 5.41. The number of thioether (sulfide) groups is 1. The van der Waals surface area contributed by atoms with E-state index in [-0.39, 0.29) is 79.5 Å². The van der Waals surface area contributed by atoms with Gasteiger partial charge in [0.15, 0.2) is 5.12 Å². The van der Waals surface area contributed by atoms with E-state index in [0.717, 1.165) is 0 Å². The summed E-state index contributed by atoms with van der Waals surface area (Å²) in [4.78, 5) is 35.6. The van der Waals surface area contributed by atoms with Crippen LogP contribution in [0.2, 0.25) is 0 Å². The minimum Gasteiger partial charge on any atom is -0.490 e. The Balaban J connectivity index is 1.64. The van der Waals surface area contributed by atoms with E-state index in [4.69, 9.17) is 29.4 Å². The lowest BCUT2D eigenvalue weighted by Crippen LogP contribution is -2.60. The van der Waals surface area contributed by atoms with Gasteiger partial charge >= 0.3 is 0 Å². The summed E-state index contributed by atoms with van der Waals surface area (Å²) in [7, 11) is 6.49. The molecule has 0 aliphatic carbocycles. The van der Waals surface area contributed by atoms with Crippen LogP contribution in [0.5, 0.6) is 5.75 Å². The molecule has 5 N–H and O–H groups in total. The maximum atomic E-state index is 12.2. The molecule has 4 unspecified atom stereocenters. The fourth-order valence-electron chi connectivity index (χ4n) is 3.80. The normalized spacial score (nSPS) is 18.3. The summed E-state index contributed by atoms with van der Waals surface area (Å²) < 4.78 is 28.9. The van der Waals surface area contributed by atoms with Gasteiger partial charge in [-0.3, -0.25) is 14.4 Å². The molecule has 1 aromatic carbocycles. The second-order valence-electron chi connectivity index (χ2n) is 9.32. The van der Waals surface area contributed by atoms with Crippen molar-refractivity contribution in [2.75, 3.05) is 70.9 Å². The number of benzene rings is 1. The van der Waals surface area contributed by atoms with Gasteiger partial charge in [0, 0.05) is 31.3 Å². The molecule has 0 aromatic heterocycles. The summed E-state index contributed by atoms with van der Waals surface area (Å²) in [5.74, 6) is 6.43. The molecule has 1 aliphatic rings. The van der Waals surface area contributed by atoms with Gasteiger partial charge in [-0.1, -0.05) is 66.9 Å². The average molecular weight is 736 g/mol. The number of carbonyl (C=O) groups is 3. The molecule has 5 atom stereocenters. The molecule has 2 amide bonds. The molecule has 0 spiro atoms. The summed E-state index contributed by atoms with van der Waals surface area (Å²) in [6.45, 7) is 2.87. The Morgan fingerprint density at radius 2 is 1.93 bits per heavy atom. The van der Waals surface area contributed by atoms with Crippen LogP contribution in [0.4, 0.5) is 0 Å². The smallest absolute Gasteiger partial charge is 0.251 e. The van der Waals surface area contributed by atoms with Crippen LogP contribution in [0, 0.1) is 11.7 Å². The number of aliphatic hydroxyl groups excluding tert-OH is 1. The van der Waals surface area contributed by atoms with E-state index >= 15 is 0 Å². The number of ether oxygens (including phenoxy) is 5. The SMILES string of the molecule is CSSC(COc1cccc(C(=O)NCCN)c1)OCCOCC(=O)NCC#CBC1OC(CO)C1O[C@H](CSC(C)=O)SSC. The zero-order valence-electron chi connectivity index (χ0n) is 26.1. The van der Waals surface area contributed by atoms with Crippen LogP contribution < -0.4 is 21.1 Å². The van der Waals surface area contributed by atoms with Gasteiger partial charge in [0.2, 0.25) is 13.2 Å². The Hall–Kier alpha value is -1.24. The number of nitrogens with one attached hydrogen (secondary N) is 2. The third-order valence-corrected chi connectivity index (χ3v) is 10.8. The van der Waals surface area contributed by atoms with Crippen LogP contribution in [0.1, 0.15) is 17.3 Å². The highest BCUT2D eigenvalue weighted by molar-refractivity contribution is 8.77. The standard InChI is InChI=1S/C28H42BN3O9S5/c1-19(34)44-18-25(46-43-3)41-26-22(15-33)40-27(26)29-8-5-10-31-23(35)16-37-12-13-38-24(45-42-2)17-39-21-7-4-6-20(14-21)28(36)32-11-9-30/h4,6-7,14,22,24-27,29,33H,9-13,15-18,30H2,1-3H3,(H,31,35)(H,32,36)/t22?,24?,25-,26?,27?/m0/s1. The van der Waals surface area contributed by atoms with Crippen LogP contribution in [-0.4, -0.2) is 129 Å². The molecule has 1 saturated heterocycles. The molecule has 0 bridgehead atoms. The van der Waals surface area contributed by atoms with Gasteiger partial charge in [0.05, 0.1) is 32.4 Å². The van der Waals surface area contributed by atoms with Gasteiger partial charge in [-0.05, 0) is 30.7 Å². The Morgan fingerprint density at radius 1 is 1.15 bits per heavy atom. The first-order valence-corrected chi connectivity index (χ1v) is 20.6. The van der Waals surface area contributed by atoms with Crippen molar-refractivity contribution in [3.05, 3.63) is 29.8 Å². The zero-order valence-corrected chi connectivity index (χ0v) is 30.2. The van der Waals surface area contributed by atoms with Gasteiger partial charge in [-0.25, -0.2) is 0 Å². The van der Waals surface area contributed by atoms with Crippen molar-refractivity contribution in [2.24, 2.45) is 5.73 Å². The molecule has 256 valence electrons. The molecule has 1 aliphatic heterocycles. The first-order valence-electron chi connectivity index (χ1n) is 14.4. The van der Waals surface area contributed by atoms with Crippen molar-refractivity contribution in [1.82, 2.24) is 10.6 Å². The van der Waals surface area contributed by atoms with Gasteiger partial charge in [-0.15, -0.1) is 0 Å². The largest absolute Gasteiger partial charge is 0.490 e. The second-order valence-corrected chi connectivity index (χ2v) is 15.8. The molecule has 2 rings (SSSR count). The van der Waals surface area contributed by atoms with E-state index in [1.54, 1.807) is 35.1 Å². The van der Waals surface area contributed by atoms with Crippen LogP contribution in [0.25, 0.3) is 0 Å². The Labute approximate surface area is 291 Å². The van der Waals surface area contributed by atoms with E-state index in [2.05, 4.69) is 22.4 Å². The molecule has 1 heterocycles. The van der Waals surface area contributed by atoms with Crippen molar-refractivity contribution in [1.29, 1.82) is 0 Å². The number of hydrogen-bond donors (Lipinski definition) is 4. The predicted molar refractivity (Wildman–Crippen MR) is 192 cm³/mol. The molecular formula is C28H42BN3O9S5. The van der Waals surface area contributed by atoms with E-state index in [9.17, 15) is 19.5 Å². The quantitative estimate of drug-likeness (QED) is 0.0418. The van der Waals surface area contributed by atoms with Crippen molar-refractivity contribution < 1.29 is 43.2 Å². The number of carbonyl (C=O) groups excluding carboxylic acids is 3. The number of nitrogens with two attached hydrogens (primary N) is 1. The maximum Gasteiger partial charge on any atom is 0.251 e. The average Bonchev–Trinajstić information content (AvgIpc) is 3.04. The lowest BCUT2D eigenvalue weighted by Gasteiger charge is -2.44.